The number of anilines is 2. The van der Waals surface area contributed by atoms with Crippen LogP contribution in [-0.4, -0.2) is 28.9 Å². The van der Waals surface area contributed by atoms with Crippen LogP contribution in [0.1, 0.15) is 44.6 Å². The van der Waals surface area contributed by atoms with Crippen LogP contribution in [0.3, 0.4) is 0 Å². The summed E-state index contributed by atoms with van der Waals surface area (Å²) in [6.07, 6.45) is 7.60. The van der Waals surface area contributed by atoms with Crippen molar-refractivity contribution in [2.45, 2.75) is 44.6 Å². The highest BCUT2D eigenvalue weighted by Crippen LogP contribution is 2.28. The van der Waals surface area contributed by atoms with Crippen molar-refractivity contribution in [1.29, 1.82) is 0 Å². The van der Waals surface area contributed by atoms with Crippen molar-refractivity contribution in [3.8, 4) is 0 Å². The SMILES string of the molecule is CN(C)c1nc(N)n(C2CCCCCC2)n1. The smallest absolute Gasteiger partial charge is 0.246 e. The molecule has 0 bridgehead atoms. The van der Waals surface area contributed by atoms with Gasteiger partial charge in [-0.05, 0) is 12.8 Å². The number of rotatable bonds is 2. The van der Waals surface area contributed by atoms with Crippen LogP contribution in [0.2, 0.25) is 0 Å². The van der Waals surface area contributed by atoms with Crippen LogP contribution >= 0.6 is 0 Å². The van der Waals surface area contributed by atoms with Crippen LogP contribution in [-0.2, 0) is 0 Å². The topological polar surface area (TPSA) is 60.0 Å². The van der Waals surface area contributed by atoms with Gasteiger partial charge in [-0.3, -0.25) is 0 Å². The number of nitrogens with zero attached hydrogens (tertiary/aromatic N) is 4. The lowest BCUT2D eigenvalue weighted by molar-refractivity contribution is 0.410. The lowest BCUT2D eigenvalue weighted by Gasteiger charge is -2.15. The van der Waals surface area contributed by atoms with Gasteiger partial charge in [0, 0.05) is 14.1 Å². The summed E-state index contributed by atoms with van der Waals surface area (Å²) < 4.78 is 1.92. The second-order valence-corrected chi connectivity index (χ2v) is 4.75. The van der Waals surface area contributed by atoms with E-state index in [1.54, 1.807) is 0 Å². The first-order valence-corrected chi connectivity index (χ1v) is 6.08. The molecule has 1 aliphatic rings. The highest BCUT2D eigenvalue weighted by molar-refractivity contribution is 5.33. The van der Waals surface area contributed by atoms with Gasteiger partial charge in [0.25, 0.3) is 0 Å². The third kappa shape index (κ3) is 2.28. The van der Waals surface area contributed by atoms with Gasteiger partial charge in [0.15, 0.2) is 0 Å². The zero-order chi connectivity index (χ0) is 11.5. The maximum Gasteiger partial charge on any atom is 0.246 e. The van der Waals surface area contributed by atoms with Crippen molar-refractivity contribution in [2.75, 3.05) is 24.7 Å². The summed E-state index contributed by atoms with van der Waals surface area (Å²) in [5.74, 6) is 1.26. The van der Waals surface area contributed by atoms with Gasteiger partial charge < -0.3 is 10.6 Å². The Hall–Kier alpha value is -1.26. The molecule has 1 aliphatic carbocycles. The van der Waals surface area contributed by atoms with Crippen molar-refractivity contribution in [3.05, 3.63) is 0 Å². The van der Waals surface area contributed by atoms with E-state index in [2.05, 4.69) is 10.1 Å². The fourth-order valence-electron chi connectivity index (χ4n) is 2.28. The Balaban J connectivity index is 2.17. The van der Waals surface area contributed by atoms with E-state index >= 15 is 0 Å². The molecule has 0 atom stereocenters. The molecule has 0 radical (unpaired) electrons. The van der Waals surface area contributed by atoms with Crippen LogP contribution in [0.25, 0.3) is 0 Å². The standard InChI is InChI=1S/C11H21N5/c1-15(2)11-13-10(12)16(14-11)9-7-5-3-4-6-8-9/h9H,3-8H2,1-2H3,(H2,12,13,14). The first-order chi connectivity index (χ1) is 7.68. The number of nitrogen functional groups attached to an aromatic ring is 1. The molecular weight excluding hydrogens is 202 g/mol. The summed E-state index contributed by atoms with van der Waals surface area (Å²) in [7, 11) is 3.87. The zero-order valence-corrected chi connectivity index (χ0v) is 10.2. The fraction of sp³-hybridized carbons (Fsp3) is 0.818. The molecule has 5 heteroatoms. The van der Waals surface area contributed by atoms with E-state index in [1.807, 2.05) is 23.7 Å². The van der Waals surface area contributed by atoms with E-state index in [1.165, 1.54) is 38.5 Å². The Kier molecular flexibility index (Phi) is 3.31. The molecule has 0 spiro atoms. The maximum atomic E-state index is 5.92. The van der Waals surface area contributed by atoms with E-state index in [4.69, 9.17) is 5.73 Å². The maximum absolute atomic E-state index is 5.92. The quantitative estimate of drug-likeness (QED) is 0.777. The Morgan fingerprint density at radius 3 is 2.31 bits per heavy atom. The van der Waals surface area contributed by atoms with Gasteiger partial charge in [-0.2, -0.15) is 4.98 Å². The first-order valence-electron chi connectivity index (χ1n) is 6.08. The molecule has 1 saturated carbocycles. The molecule has 1 fully saturated rings. The summed E-state index contributed by atoms with van der Waals surface area (Å²) in [6.45, 7) is 0. The Bertz CT molecular complexity index is 336. The van der Waals surface area contributed by atoms with Crippen molar-refractivity contribution in [3.63, 3.8) is 0 Å². The molecule has 16 heavy (non-hydrogen) atoms. The number of nitrogens with two attached hydrogens (primary N) is 1. The van der Waals surface area contributed by atoms with E-state index < -0.39 is 0 Å². The molecule has 0 amide bonds. The molecule has 2 rings (SSSR count). The van der Waals surface area contributed by atoms with Crippen molar-refractivity contribution in [2.24, 2.45) is 0 Å². The fourth-order valence-corrected chi connectivity index (χ4v) is 2.28. The predicted octanol–water partition coefficient (Wildman–Crippen LogP) is 1.82. The lowest BCUT2D eigenvalue weighted by atomic mass is 10.1. The average Bonchev–Trinajstić information content (AvgIpc) is 2.50. The van der Waals surface area contributed by atoms with Gasteiger partial charge in [0.05, 0.1) is 6.04 Å². The molecule has 0 unspecified atom stereocenters. The van der Waals surface area contributed by atoms with Crippen LogP contribution in [0.15, 0.2) is 0 Å². The molecule has 0 aliphatic heterocycles. The highest BCUT2D eigenvalue weighted by Gasteiger charge is 2.19. The minimum absolute atomic E-state index is 0.448. The molecule has 1 heterocycles. The van der Waals surface area contributed by atoms with Gasteiger partial charge >= 0.3 is 0 Å². The molecule has 2 N–H and O–H groups in total. The number of hydrogen-bond acceptors (Lipinski definition) is 4. The third-order valence-electron chi connectivity index (χ3n) is 3.22. The van der Waals surface area contributed by atoms with E-state index in [0.717, 1.165) is 0 Å². The summed E-state index contributed by atoms with van der Waals surface area (Å²) in [6, 6.07) is 0.448. The first kappa shape index (κ1) is 11.2. The highest BCUT2D eigenvalue weighted by atomic mass is 15.4. The molecular formula is C11H21N5. The van der Waals surface area contributed by atoms with Gasteiger partial charge in [-0.25, -0.2) is 4.68 Å². The van der Waals surface area contributed by atoms with Crippen LogP contribution < -0.4 is 10.6 Å². The van der Waals surface area contributed by atoms with Crippen molar-refractivity contribution >= 4 is 11.9 Å². The van der Waals surface area contributed by atoms with Crippen LogP contribution in [0.4, 0.5) is 11.9 Å². The average molecular weight is 223 g/mol. The second-order valence-electron chi connectivity index (χ2n) is 4.75. The second kappa shape index (κ2) is 4.72. The van der Waals surface area contributed by atoms with Crippen LogP contribution in [0, 0.1) is 0 Å². The molecule has 5 nitrogen and oxygen atoms in total. The summed E-state index contributed by atoms with van der Waals surface area (Å²) in [4.78, 5) is 6.16. The normalized spacial score (nSPS) is 18.4. The Morgan fingerprint density at radius 2 is 1.81 bits per heavy atom. The number of hydrogen-bond donors (Lipinski definition) is 1. The summed E-state index contributed by atoms with van der Waals surface area (Å²) >= 11 is 0. The molecule has 1 aromatic rings. The largest absolute Gasteiger partial charge is 0.368 e. The molecule has 1 aromatic heterocycles. The monoisotopic (exact) mass is 223 g/mol. The predicted molar refractivity (Wildman–Crippen MR) is 65.5 cm³/mol. The Labute approximate surface area is 96.6 Å². The zero-order valence-electron chi connectivity index (χ0n) is 10.2. The van der Waals surface area contributed by atoms with E-state index in [9.17, 15) is 0 Å². The van der Waals surface area contributed by atoms with Gasteiger partial charge in [0.1, 0.15) is 0 Å². The summed E-state index contributed by atoms with van der Waals surface area (Å²) in [5, 5.41) is 4.48. The lowest BCUT2D eigenvalue weighted by Crippen LogP contribution is -2.14. The molecule has 90 valence electrons. The van der Waals surface area contributed by atoms with E-state index in [0.29, 0.717) is 17.9 Å². The Morgan fingerprint density at radius 1 is 1.19 bits per heavy atom. The third-order valence-corrected chi connectivity index (χ3v) is 3.22. The molecule has 0 saturated heterocycles. The molecule has 0 aromatic carbocycles. The number of aromatic nitrogens is 3. The minimum Gasteiger partial charge on any atom is -0.368 e. The van der Waals surface area contributed by atoms with Crippen molar-refractivity contribution in [1.82, 2.24) is 14.8 Å². The van der Waals surface area contributed by atoms with Gasteiger partial charge in [-0.15, -0.1) is 5.10 Å². The van der Waals surface area contributed by atoms with Gasteiger partial charge in [-0.1, -0.05) is 25.7 Å². The van der Waals surface area contributed by atoms with Crippen LogP contribution in [0.5, 0.6) is 0 Å². The minimum atomic E-state index is 0.448. The van der Waals surface area contributed by atoms with Gasteiger partial charge in [0.2, 0.25) is 11.9 Å². The van der Waals surface area contributed by atoms with E-state index in [-0.39, 0.29) is 0 Å². The van der Waals surface area contributed by atoms with Crippen molar-refractivity contribution < 1.29 is 0 Å². The summed E-state index contributed by atoms with van der Waals surface area (Å²) in [5.41, 5.74) is 5.92.